The fourth-order valence-corrected chi connectivity index (χ4v) is 10.7. The number of non-ortho nitro benzene ring substituents is 1. The molecule has 2 heterocycles. The van der Waals surface area contributed by atoms with Crippen molar-refractivity contribution in [2.75, 3.05) is 19.8 Å². The lowest BCUT2D eigenvalue weighted by Crippen LogP contribution is -2.70. The molecule has 0 unspecified atom stereocenters. The Morgan fingerprint density at radius 1 is 0.972 bits per heavy atom. The smallest absolute Gasteiger partial charge is 0.269 e. The van der Waals surface area contributed by atoms with Crippen LogP contribution in [0.5, 0.6) is 11.5 Å². The number of carbonyl (C=O) groups is 1. The molecule has 4 aromatic carbocycles. The Labute approximate surface area is 416 Å². The molecule has 0 saturated heterocycles. The fourth-order valence-electron chi connectivity index (χ4n) is 10.7. The zero-order valence-corrected chi connectivity index (χ0v) is 41.2. The molecule has 13 nitrogen and oxygen atoms in total. The van der Waals surface area contributed by atoms with E-state index in [1.165, 1.54) is 18.2 Å². The molecule has 0 spiro atoms. The molecular weight excluding hydrogens is 897 g/mol. The fraction of sp³-hybridized carbons (Fsp3) is 0.397. The molecule has 0 bridgehead atoms. The van der Waals surface area contributed by atoms with Gasteiger partial charge in [-0.3, -0.25) is 19.9 Å². The van der Waals surface area contributed by atoms with E-state index in [4.69, 9.17) is 24.2 Å². The number of hydrogen-bond acceptors (Lipinski definition) is 11. The molecule has 1 saturated carbocycles. The first-order valence-electron chi connectivity index (χ1n) is 24.8. The quantitative estimate of drug-likeness (QED) is 0.0238. The average molecular weight is 963 g/mol. The maximum Gasteiger partial charge on any atom is 0.269 e. The van der Waals surface area contributed by atoms with Crippen molar-refractivity contribution in [3.63, 3.8) is 0 Å². The number of pyridine rings is 1. The summed E-state index contributed by atoms with van der Waals surface area (Å²) in [6.45, 7) is 12.6. The summed E-state index contributed by atoms with van der Waals surface area (Å²) in [4.78, 5) is 39.4. The number of carbonyl (C=O) groups excluding carboxylic acids is 1. The number of oxime groups is 1. The van der Waals surface area contributed by atoms with Gasteiger partial charge in [0, 0.05) is 61.6 Å². The van der Waals surface area contributed by atoms with Gasteiger partial charge in [-0.2, -0.15) is 0 Å². The van der Waals surface area contributed by atoms with E-state index in [1.807, 2.05) is 87.2 Å². The van der Waals surface area contributed by atoms with Gasteiger partial charge in [-0.1, -0.05) is 78.7 Å². The standard InChI is InChI=1S/C58H66N4O9/c1-6-33-69-58-53(61(37-43-19-14-18-41-16-7-8-21-47(41)43)54(65)30-25-40-23-26-45(27-24-40)62(66)67)36-51(60-71-57(3,4)5)49-34-42(17-9-11-31-63)48(22-10-12-32-64)55(56(49)58)50-35-46(28-29-52(50)70-58)68-38-44-20-13-15-39(2)59-44/h6-8,13-16,18-21,23-30,34-35,42,48,53,55-56,63-64H,1,9-12,17,22,31-33,36-38H2,2-5H3/t42-,48+,53-,55+,56+,58+/m0/s1. The number of amides is 1. The van der Waals surface area contributed by atoms with Crippen LogP contribution in [0.4, 0.5) is 5.69 Å². The van der Waals surface area contributed by atoms with Crippen LogP contribution < -0.4 is 9.47 Å². The number of nitrogens with zero attached hydrogens (tertiary/aromatic N) is 4. The molecule has 1 aromatic heterocycles. The minimum Gasteiger partial charge on any atom is -0.487 e. The number of aromatic nitrogens is 1. The van der Waals surface area contributed by atoms with E-state index in [9.17, 15) is 20.3 Å². The Morgan fingerprint density at radius 2 is 1.72 bits per heavy atom. The summed E-state index contributed by atoms with van der Waals surface area (Å²) in [5, 5.41) is 38.7. The monoisotopic (exact) mass is 962 g/mol. The van der Waals surface area contributed by atoms with Crippen molar-refractivity contribution in [2.24, 2.45) is 22.9 Å². The van der Waals surface area contributed by atoms with Crippen LogP contribution in [0, 0.1) is 34.8 Å². The van der Waals surface area contributed by atoms with Crippen molar-refractivity contribution in [3.8, 4) is 11.5 Å². The summed E-state index contributed by atoms with van der Waals surface area (Å²) in [7, 11) is 0. The number of aliphatic hydroxyl groups excluding tert-OH is 2. The number of aryl methyl sites for hydroxylation is 1. The van der Waals surface area contributed by atoms with Crippen molar-refractivity contribution in [3.05, 3.63) is 172 Å². The first-order valence-corrected chi connectivity index (χ1v) is 24.8. The highest BCUT2D eigenvalue weighted by atomic mass is 16.7. The molecule has 372 valence electrons. The van der Waals surface area contributed by atoms with E-state index < -0.39 is 28.3 Å². The van der Waals surface area contributed by atoms with Gasteiger partial charge in [-0.15, -0.1) is 6.58 Å². The summed E-state index contributed by atoms with van der Waals surface area (Å²) >= 11 is 0. The van der Waals surface area contributed by atoms with Gasteiger partial charge in [-0.25, -0.2) is 0 Å². The summed E-state index contributed by atoms with van der Waals surface area (Å²) in [5.41, 5.74) is 5.07. The second-order valence-corrected chi connectivity index (χ2v) is 19.8. The van der Waals surface area contributed by atoms with E-state index >= 15 is 4.79 Å². The Morgan fingerprint density at radius 3 is 2.45 bits per heavy atom. The zero-order valence-electron chi connectivity index (χ0n) is 41.2. The van der Waals surface area contributed by atoms with Gasteiger partial charge in [-0.05, 0) is 141 Å². The van der Waals surface area contributed by atoms with Crippen LogP contribution in [0.15, 0.2) is 139 Å². The predicted molar refractivity (Wildman–Crippen MR) is 276 cm³/mol. The highest BCUT2D eigenvalue weighted by Crippen LogP contribution is 2.62. The van der Waals surface area contributed by atoms with E-state index in [2.05, 4.69) is 41.9 Å². The van der Waals surface area contributed by atoms with Crippen LogP contribution in [0.3, 0.4) is 0 Å². The van der Waals surface area contributed by atoms with E-state index in [-0.39, 0.29) is 68.7 Å². The number of fused-ring (bicyclic) bond motifs is 3. The van der Waals surface area contributed by atoms with Crippen molar-refractivity contribution >= 4 is 34.2 Å². The molecule has 6 atom stereocenters. The highest BCUT2D eigenvalue weighted by molar-refractivity contribution is 6.03. The van der Waals surface area contributed by atoms with Gasteiger partial charge in [0.15, 0.2) is 0 Å². The first kappa shape index (κ1) is 50.7. The first-order chi connectivity index (χ1) is 34.3. The Balaban J connectivity index is 1.35. The number of nitro benzene ring substituents is 1. The summed E-state index contributed by atoms with van der Waals surface area (Å²) in [5.74, 6) is -1.36. The predicted octanol–water partition coefficient (Wildman–Crippen LogP) is 11.2. The number of rotatable bonds is 21. The lowest BCUT2D eigenvalue weighted by Gasteiger charge is -2.60. The normalized spacial score (nSPS) is 22.0. The molecule has 3 aliphatic rings. The second-order valence-electron chi connectivity index (χ2n) is 19.8. The summed E-state index contributed by atoms with van der Waals surface area (Å²) < 4.78 is 21.3. The largest absolute Gasteiger partial charge is 0.487 e. The van der Waals surface area contributed by atoms with Crippen LogP contribution in [0.1, 0.15) is 99.7 Å². The van der Waals surface area contributed by atoms with Gasteiger partial charge in [0.05, 0.1) is 28.9 Å². The lowest BCUT2D eigenvalue weighted by atomic mass is 9.55. The summed E-state index contributed by atoms with van der Waals surface area (Å²) in [6, 6.07) is 31.2. The van der Waals surface area contributed by atoms with Crippen LogP contribution >= 0.6 is 0 Å². The molecule has 2 N–H and O–H groups in total. The van der Waals surface area contributed by atoms with Crippen molar-refractivity contribution in [2.45, 2.75) is 109 Å². The van der Waals surface area contributed by atoms with Crippen LogP contribution in [0.25, 0.3) is 16.8 Å². The van der Waals surface area contributed by atoms with Gasteiger partial charge < -0.3 is 34.2 Å². The number of nitro groups is 1. The average Bonchev–Trinajstić information content (AvgIpc) is 3.36. The number of benzene rings is 4. The molecule has 1 fully saturated rings. The van der Waals surface area contributed by atoms with Gasteiger partial charge in [0.25, 0.3) is 5.69 Å². The molecular formula is C58H66N4O9. The van der Waals surface area contributed by atoms with E-state index in [1.54, 1.807) is 24.3 Å². The van der Waals surface area contributed by atoms with Gasteiger partial charge >= 0.3 is 0 Å². The number of allylic oxidation sites excluding steroid dienone is 1. The van der Waals surface area contributed by atoms with Crippen LogP contribution in [-0.2, 0) is 27.5 Å². The van der Waals surface area contributed by atoms with Crippen molar-refractivity contribution < 1.29 is 39.0 Å². The Kier molecular flexibility index (Phi) is 16.1. The molecule has 2 aliphatic carbocycles. The molecule has 1 aliphatic heterocycles. The van der Waals surface area contributed by atoms with Crippen LogP contribution in [0.2, 0.25) is 0 Å². The lowest BCUT2D eigenvalue weighted by molar-refractivity contribution is -0.384. The second kappa shape index (κ2) is 22.6. The maximum absolute atomic E-state index is 15.5. The highest BCUT2D eigenvalue weighted by Gasteiger charge is 2.65. The summed E-state index contributed by atoms with van der Waals surface area (Å²) in [6.07, 6.45) is 11.9. The Hall–Kier alpha value is -6.67. The molecule has 13 heteroatoms. The number of aliphatic hydroxyl groups is 2. The number of unbranched alkanes of at least 4 members (excludes halogenated alkanes) is 2. The minimum atomic E-state index is -1.51. The molecule has 0 radical (unpaired) electrons. The van der Waals surface area contributed by atoms with E-state index in [0.29, 0.717) is 35.6 Å². The number of ether oxygens (including phenoxy) is 3. The van der Waals surface area contributed by atoms with Crippen LogP contribution in [-0.4, -0.2) is 73.9 Å². The zero-order chi connectivity index (χ0) is 50.1. The topological polar surface area (TPSA) is 166 Å². The third-order valence-corrected chi connectivity index (χ3v) is 13.8. The van der Waals surface area contributed by atoms with E-state index in [0.717, 1.165) is 64.5 Å². The molecule has 1 amide bonds. The third-order valence-electron chi connectivity index (χ3n) is 13.8. The third kappa shape index (κ3) is 11.6. The molecule has 8 rings (SSSR count). The van der Waals surface area contributed by atoms with Gasteiger partial charge in [0.1, 0.15) is 29.7 Å². The minimum absolute atomic E-state index is 0.00447. The van der Waals surface area contributed by atoms with Crippen molar-refractivity contribution in [1.82, 2.24) is 9.88 Å². The SMILES string of the molecule is C=CCO[C@@]12Oc3ccc(OCc4cccc(C)n4)cc3[C@H]3[C@H](CCCCO)[C@@H](CCCCO)C=C(C(=NOC(C)(C)C)C[C@@H]1N(Cc1cccc4ccccc14)C(=O)C=Cc1ccc([N+](=O)[O-])cc1)[C@H]32. The van der Waals surface area contributed by atoms with Gasteiger partial charge in [0.2, 0.25) is 11.7 Å². The number of hydrogen-bond donors (Lipinski definition) is 2. The molecule has 5 aromatic rings. The maximum atomic E-state index is 15.5. The Bertz CT molecular complexity index is 2780. The molecule has 71 heavy (non-hydrogen) atoms. The van der Waals surface area contributed by atoms with Crippen molar-refractivity contribution in [1.29, 1.82) is 0 Å².